The van der Waals surface area contributed by atoms with E-state index in [4.69, 9.17) is 9.47 Å². The third-order valence-corrected chi connectivity index (χ3v) is 6.60. The smallest absolute Gasteiger partial charge is 0.337 e. The number of hydrogen-bond donors (Lipinski definition) is 2. The van der Waals surface area contributed by atoms with Crippen LogP contribution < -0.4 is 0 Å². The van der Waals surface area contributed by atoms with E-state index in [-0.39, 0.29) is 24.8 Å². The van der Waals surface area contributed by atoms with E-state index in [0.717, 1.165) is 31.2 Å². The summed E-state index contributed by atoms with van der Waals surface area (Å²) in [7, 11) is 0. The number of carbonyl (C=O) groups is 1. The van der Waals surface area contributed by atoms with E-state index in [9.17, 15) is 19.4 Å². The van der Waals surface area contributed by atoms with Crippen LogP contribution in [0.4, 0.5) is 4.39 Å². The number of esters is 1. The Morgan fingerprint density at radius 2 is 1.87 bits per heavy atom. The van der Waals surface area contributed by atoms with E-state index in [2.05, 4.69) is 0 Å². The highest BCUT2D eigenvalue weighted by Gasteiger charge is 2.41. The molecular weight excluding hydrogens is 399 g/mol. The van der Waals surface area contributed by atoms with Gasteiger partial charge in [0, 0.05) is 25.7 Å². The number of rotatable bonds is 8. The summed E-state index contributed by atoms with van der Waals surface area (Å²) in [4.78, 5) is 11.9. The van der Waals surface area contributed by atoms with Gasteiger partial charge in [-0.1, -0.05) is 38.8 Å². The Kier molecular flexibility index (Phi) is 6.82. The van der Waals surface area contributed by atoms with Gasteiger partial charge in [-0.25, -0.2) is 9.18 Å². The molecule has 172 valence electrons. The molecule has 6 heteroatoms. The Balaban J connectivity index is 1.77. The first-order chi connectivity index (χ1) is 14.4. The van der Waals surface area contributed by atoms with E-state index in [1.165, 1.54) is 12.1 Å². The van der Waals surface area contributed by atoms with Crippen LogP contribution in [0.15, 0.2) is 30.0 Å². The molecule has 31 heavy (non-hydrogen) atoms. The predicted octanol–water partition coefficient (Wildman–Crippen LogP) is 4.53. The van der Waals surface area contributed by atoms with Crippen LogP contribution in [0.5, 0.6) is 0 Å². The second-order valence-corrected chi connectivity index (χ2v) is 10.2. The van der Waals surface area contributed by atoms with E-state index in [0.29, 0.717) is 24.2 Å². The fraction of sp³-hybridized carbons (Fsp3) is 0.640. The zero-order chi connectivity index (χ0) is 22.9. The number of aliphatic hydroxyl groups excluding tert-OH is 1. The van der Waals surface area contributed by atoms with Gasteiger partial charge in [-0.05, 0) is 48.8 Å². The number of ether oxygens (including phenoxy) is 2. The first-order valence-electron chi connectivity index (χ1n) is 11.2. The van der Waals surface area contributed by atoms with Gasteiger partial charge in [0.05, 0.1) is 18.3 Å². The molecule has 1 fully saturated rings. The molecule has 2 N–H and O–H groups in total. The maximum atomic E-state index is 14.7. The van der Waals surface area contributed by atoms with Crippen LogP contribution in [-0.4, -0.2) is 34.2 Å². The molecule has 0 bridgehead atoms. The van der Waals surface area contributed by atoms with Gasteiger partial charge >= 0.3 is 5.97 Å². The number of cyclic esters (lactones) is 1. The molecule has 0 spiro atoms. The Bertz CT molecular complexity index is 838. The van der Waals surface area contributed by atoms with Gasteiger partial charge in [0.2, 0.25) is 5.79 Å². The summed E-state index contributed by atoms with van der Waals surface area (Å²) in [5.74, 6) is -1.33. The topological polar surface area (TPSA) is 76.0 Å². The standard InChI is InChI=1S/C25H35FO5/c1-23(2,16-27)20-10-9-17(13-21(20)26)11-12-25(29,18-7-5-6-8-18)15-19-14-22(28)31-24(3,4)30-19/h9-10,13-14,18,27,29H,5-8,11-12,15-16H2,1-4H3. The second kappa shape index (κ2) is 8.91. The first kappa shape index (κ1) is 23.7. The summed E-state index contributed by atoms with van der Waals surface area (Å²) < 4.78 is 25.7. The molecule has 0 radical (unpaired) electrons. The van der Waals surface area contributed by atoms with E-state index in [1.54, 1.807) is 33.8 Å². The van der Waals surface area contributed by atoms with Gasteiger partial charge in [0.25, 0.3) is 0 Å². The Labute approximate surface area is 184 Å². The summed E-state index contributed by atoms with van der Waals surface area (Å²) in [5.41, 5.74) is -0.425. The third-order valence-electron chi connectivity index (χ3n) is 6.60. The lowest BCUT2D eigenvalue weighted by atomic mass is 9.78. The normalized spacial score (nSPS) is 21.3. The molecule has 2 aliphatic rings. The molecule has 5 nitrogen and oxygen atoms in total. The molecule has 1 saturated carbocycles. The highest BCUT2D eigenvalue weighted by atomic mass is 19.1. The Morgan fingerprint density at radius 1 is 1.19 bits per heavy atom. The van der Waals surface area contributed by atoms with Crippen LogP contribution in [0.3, 0.4) is 0 Å². The quantitative estimate of drug-likeness (QED) is 0.588. The molecule has 0 amide bonds. The number of hydrogen-bond acceptors (Lipinski definition) is 5. The summed E-state index contributed by atoms with van der Waals surface area (Å²) in [5, 5.41) is 21.2. The van der Waals surface area contributed by atoms with Crippen molar-refractivity contribution in [2.75, 3.05) is 6.61 Å². The molecule has 1 aromatic carbocycles. The number of halogens is 1. The molecule has 1 atom stereocenters. The van der Waals surface area contributed by atoms with Crippen molar-refractivity contribution in [3.63, 3.8) is 0 Å². The van der Waals surface area contributed by atoms with Crippen molar-refractivity contribution in [3.05, 3.63) is 47.0 Å². The SMILES string of the molecule is CC1(C)OC(=O)C=C(CC(O)(CCc2ccc(C(C)(C)CO)c(F)c2)C2CCCC2)O1. The molecule has 0 saturated heterocycles. The third kappa shape index (κ3) is 5.66. The summed E-state index contributed by atoms with van der Waals surface area (Å²) in [6.07, 6.45) is 6.48. The number of aryl methyl sites for hydroxylation is 1. The largest absolute Gasteiger partial charge is 0.457 e. The van der Waals surface area contributed by atoms with Gasteiger partial charge in [-0.2, -0.15) is 0 Å². The average Bonchev–Trinajstić information content (AvgIpc) is 3.20. The summed E-state index contributed by atoms with van der Waals surface area (Å²) >= 11 is 0. The molecule has 1 unspecified atom stereocenters. The van der Waals surface area contributed by atoms with Crippen LogP contribution in [0, 0.1) is 11.7 Å². The van der Waals surface area contributed by atoms with Crippen molar-refractivity contribution in [2.24, 2.45) is 5.92 Å². The van der Waals surface area contributed by atoms with Gasteiger partial charge in [0.1, 0.15) is 11.6 Å². The zero-order valence-electron chi connectivity index (χ0n) is 19.0. The molecule has 3 rings (SSSR count). The summed E-state index contributed by atoms with van der Waals surface area (Å²) in [6.45, 7) is 6.80. The maximum Gasteiger partial charge on any atom is 0.337 e. The number of carbonyl (C=O) groups excluding carboxylic acids is 1. The summed E-state index contributed by atoms with van der Waals surface area (Å²) in [6, 6.07) is 5.08. The highest BCUT2D eigenvalue weighted by molar-refractivity contribution is 5.83. The fourth-order valence-electron chi connectivity index (χ4n) is 4.77. The van der Waals surface area contributed by atoms with Crippen LogP contribution in [0.25, 0.3) is 0 Å². The van der Waals surface area contributed by atoms with Crippen molar-refractivity contribution in [2.45, 2.75) is 89.4 Å². The maximum absolute atomic E-state index is 14.7. The van der Waals surface area contributed by atoms with Crippen molar-refractivity contribution in [1.29, 1.82) is 0 Å². The minimum atomic E-state index is -1.06. The lowest BCUT2D eigenvalue weighted by molar-refractivity contribution is -0.208. The molecule has 1 aliphatic heterocycles. The first-order valence-corrected chi connectivity index (χ1v) is 11.2. The Hall–Kier alpha value is -1.92. The molecular formula is C25H35FO5. The lowest BCUT2D eigenvalue weighted by Gasteiger charge is -2.38. The fourth-order valence-corrected chi connectivity index (χ4v) is 4.77. The van der Waals surface area contributed by atoms with Crippen molar-refractivity contribution in [3.8, 4) is 0 Å². The van der Waals surface area contributed by atoms with Crippen LogP contribution in [0.1, 0.15) is 77.3 Å². The van der Waals surface area contributed by atoms with E-state index >= 15 is 0 Å². The van der Waals surface area contributed by atoms with Crippen LogP contribution in [0.2, 0.25) is 0 Å². The number of aliphatic hydroxyl groups is 2. The average molecular weight is 435 g/mol. The van der Waals surface area contributed by atoms with E-state index in [1.807, 2.05) is 6.07 Å². The number of benzene rings is 1. The van der Waals surface area contributed by atoms with Crippen molar-refractivity contribution >= 4 is 5.97 Å². The van der Waals surface area contributed by atoms with E-state index < -0.39 is 22.8 Å². The molecule has 1 aliphatic carbocycles. The second-order valence-electron chi connectivity index (χ2n) is 10.2. The van der Waals surface area contributed by atoms with Crippen LogP contribution >= 0.6 is 0 Å². The van der Waals surface area contributed by atoms with Crippen LogP contribution in [-0.2, 0) is 26.1 Å². The minimum absolute atomic E-state index is 0.107. The van der Waals surface area contributed by atoms with Crippen molar-refractivity contribution < 1.29 is 28.9 Å². The zero-order valence-corrected chi connectivity index (χ0v) is 19.0. The molecule has 0 aromatic heterocycles. The molecule has 1 heterocycles. The van der Waals surface area contributed by atoms with Gasteiger partial charge < -0.3 is 19.7 Å². The van der Waals surface area contributed by atoms with Gasteiger partial charge in [-0.15, -0.1) is 0 Å². The monoisotopic (exact) mass is 434 g/mol. The lowest BCUT2D eigenvalue weighted by Crippen LogP contribution is -2.41. The van der Waals surface area contributed by atoms with Gasteiger partial charge in [0.15, 0.2) is 0 Å². The minimum Gasteiger partial charge on any atom is -0.457 e. The van der Waals surface area contributed by atoms with Crippen molar-refractivity contribution in [1.82, 2.24) is 0 Å². The van der Waals surface area contributed by atoms with Gasteiger partial charge in [-0.3, -0.25) is 0 Å². The Morgan fingerprint density at radius 3 is 2.45 bits per heavy atom. The predicted molar refractivity (Wildman–Crippen MR) is 116 cm³/mol. The molecule has 1 aromatic rings. The highest BCUT2D eigenvalue weighted by Crippen LogP contribution is 2.42.